The predicted octanol–water partition coefficient (Wildman–Crippen LogP) is 2.20. The molecule has 2 aromatic carbocycles. The van der Waals surface area contributed by atoms with Crippen molar-refractivity contribution in [3.8, 4) is 11.5 Å². The number of nitrogens with one attached hydrogen (secondary N) is 2. The molecular formula is C19H17N5O4S. The van der Waals surface area contributed by atoms with Gasteiger partial charge in [-0.05, 0) is 31.2 Å². The Morgan fingerprint density at radius 3 is 2.76 bits per heavy atom. The highest BCUT2D eigenvalue weighted by Crippen LogP contribution is 2.21. The number of hydrogen-bond donors (Lipinski definition) is 4. The number of benzene rings is 2. The van der Waals surface area contributed by atoms with Crippen LogP contribution < -0.4 is 10.7 Å². The minimum absolute atomic E-state index is 0.0725. The molecule has 0 fully saturated rings. The number of nitrogens with zero attached hydrogens (tertiary/aromatic N) is 3. The van der Waals surface area contributed by atoms with Gasteiger partial charge in [0.15, 0.2) is 0 Å². The Hall–Kier alpha value is -3.79. The van der Waals surface area contributed by atoms with Gasteiger partial charge in [0.2, 0.25) is 11.0 Å². The molecule has 0 spiro atoms. The number of aromatic hydroxyl groups is 2. The number of hydrazone groups is 1. The second-order valence-corrected chi connectivity index (χ2v) is 7.10. The Morgan fingerprint density at radius 2 is 2.00 bits per heavy atom. The Morgan fingerprint density at radius 1 is 1.17 bits per heavy atom. The van der Waals surface area contributed by atoms with Gasteiger partial charge in [0.1, 0.15) is 16.5 Å². The summed E-state index contributed by atoms with van der Waals surface area (Å²) >= 11 is 1.09. The molecule has 2 amide bonds. The summed E-state index contributed by atoms with van der Waals surface area (Å²) in [7, 11) is 0. The van der Waals surface area contributed by atoms with Crippen molar-refractivity contribution < 1.29 is 19.8 Å². The second-order valence-electron chi connectivity index (χ2n) is 6.04. The minimum Gasteiger partial charge on any atom is -0.508 e. The molecule has 9 nitrogen and oxygen atoms in total. The fourth-order valence-corrected chi connectivity index (χ4v) is 3.06. The van der Waals surface area contributed by atoms with E-state index in [9.17, 15) is 19.8 Å². The van der Waals surface area contributed by atoms with Gasteiger partial charge in [-0.15, -0.1) is 10.2 Å². The number of aromatic nitrogens is 2. The van der Waals surface area contributed by atoms with E-state index in [0.29, 0.717) is 16.1 Å². The van der Waals surface area contributed by atoms with Crippen LogP contribution in [0.4, 0.5) is 5.13 Å². The normalized spacial score (nSPS) is 10.8. The molecule has 3 aromatic rings. The zero-order valence-corrected chi connectivity index (χ0v) is 16.1. The van der Waals surface area contributed by atoms with Crippen LogP contribution in [0.2, 0.25) is 0 Å². The molecule has 29 heavy (non-hydrogen) atoms. The number of amides is 2. The Balaban J connectivity index is 1.53. The van der Waals surface area contributed by atoms with E-state index in [1.54, 1.807) is 18.2 Å². The van der Waals surface area contributed by atoms with Gasteiger partial charge in [0.05, 0.1) is 12.6 Å². The molecule has 0 aliphatic carbocycles. The van der Waals surface area contributed by atoms with E-state index in [1.165, 1.54) is 18.3 Å². The van der Waals surface area contributed by atoms with Crippen molar-refractivity contribution in [1.82, 2.24) is 15.6 Å². The summed E-state index contributed by atoms with van der Waals surface area (Å²) in [5.74, 6) is -0.988. The van der Waals surface area contributed by atoms with Crippen LogP contribution in [0.3, 0.4) is 0 Å². The van der Waals surface area contributed by atoms with Crippen LogP contribution in [-0.4, -0.2) is 38.4 Å². The first kappa shape index (κ1) is 20.0. The van der Waals surface area contributed by atoms with Crippen molar-refractivity contribution in [2.24, 2.45) is 5.10 Å². The monoisotopic (exact) mass is 411 g/mol. The predicted molar refractivity (Wildman–Crippen MR) is 108 cm³/mol. The van der Waals surface area contributed by atoms with Crippen molar-refractivity contribution in [3.05, 3.63) is 64.2 Å². The topological polar surface area (TPSA) is 137 Å². The molecule has 0 radical (unpaired) electrons. The van der Waals surface area contributed by atoms with E-state index in [1.807, 2.05) is 13.0 Å². The molecule has 10 heteroatoms. The molecule has 4 N–H and O–H groups in total. The lowest BCUT2D eigenvalue weighted by Gasteiger charge is -2.01. The van der Waals surface area contributed by atoms with Gasteiger partial charge in [-0.1, -0.05) is 29.0 Å². The largest absolute Gasteiger partial charge is 0.508 e. The smallest absolute Gasteiger partial charge is 0.257 e. The summed E-state index contributed by atoms with van der Waals surface area (Å²) in [6, 6.07) is 11.1. The summed E-state index contributed by atoms with van der Waals surface area (Å²) < 4.78 is 0. The van der Waals surface area contributed by atoms with Crippen LogP contribution in [0.25, 0.3) is 0 Å². The number of hydrogen-bond acceptors (Lipinski definition) is 8. The third kappa shape index (κ3) is 5.59. The average molecular weight is 411 g/mol. The molecule has 1 aromatic heterocycles. The van der Waals surface area contributed by atoms with Crippen LogP contribution in [0.15, 0.2) is 47.6 Å². The van der Waals surface area contributed by atoms with E-state index in [4.69, 9.17) is 0 Å². The summed E-state index contributed by atoms with van der Waals surface area (Å²) in [6.07, 6.45) is 1.18. The van der Waals surface area contributed by atoms with E-state index >= 15 is 0 Å². The maximum atomic E-state index is 12.2. The van der Waals surface area contributed by atoms with Crippen molar-refractivity contribution in [2.75, 3.05) is 5.32 Å². The molecule has 148 valence electrons. The van der Waals surface area contributed by atoms with Gasteiger partial charge < -0.3 is 10.2 Å². The van der Waals surface area contributed by atoms with Gasteiger partial charge in [0.25, 0.3) is 5.91 Å². The van der Waals surface area contributed by atoms with E-state index in [2.05, 4.69) is 26.0 Å². The number of aryl methyl sites for hydroxylation is 1. The first-order valence-corrected chi connectivity index (χ1v) is 9.26. The van der Waals surface area contributed by atoms with Gasteiger partial charge in [-0.25, -0.2) is 5.43 Å². The quantitative estimate of drug-likeness (QED) is 0.363. The van der Waals surface area contributed by atoms with Crippen LogP contribution in [0.5, 0.6) is 11.5 Å². The Bertz CT molecular complexity index is 1080. The number of anilines is 1. The number of carbonyl (C=O) groups excluding carboxylic acids is 2. The first-order valence-electron chi connectivity index (χ1n) is 8.45. The molecular weight excluding hydrogens is 394 g/mol. The van der Waals surface area contributed by atoms with Crippen LogP contribution >= 0.6 is 11.3 Å². The third-order valence-corrected chi connectivity index (χ3v) is 4.52. The van der Waals surface area contributed by atoms with Crippen molar-refractivity contribution in [3.63, 3.8) is 0 Å². The molecule has 1 heterocycles. The van der Waals surface area contributed by atoms with E-state index in [-0.39, 0.29) is 29.0 Å². The first-order chi connectivity index (χ1) is 13.9. The maximum Gasteiger partial charge on any atom is 0.257 e. The minimum atomic E-state index is -0.438. The highest BCUT2D eigenvalue weighted by Gasteiger charge is 2.12. The van der Waals surface area contributed by atoms with Crippen molar-refractivity contribution >= 4 is 34.5 Å². The lowest BCUT2D eigenvalue weighted by molar-refractivity contribution is -0.120. The molecule has 0 aliphatic heterocycles. The standard InChI is InChI=1S/C19H17N5O4S/c1-11-3-2-4-12(7-11)18(28)21-19-24-23-17(29-19)9-16(27)22-20-10-13-5-6-14(25)8-15(13)26/h2-8,10,25-26H,9H2,1H3,(H,22,27)(H,21,24,28)/b20-10-. The van der Waals surface area contributed by atoms with Gasteiger partial charge in [-0.3, -0.25) is 14.9 Å². The summed E-state index contributed by atoms with van der Waals surface area (Å²) in [5, 5.41) is 33.7. The van der Waals surface area contributed by atoms with Crippen molar-refractivity contribution in [2.45, 2.75) is 13.3 Å². The second kappa shape index (κ2) is 8.93. The number of carbonyl (C=O) groups is 2. The highest BCUT2D eigenvalue weighted by atomic mass is 32.1. The van der Waals surface area contributed by atoms with Crippen molar-refractivity contribution in [1.29, 1.82) is 0 Å². The Labute approximate surface area is 169 Å². The average Bonchev–Trinajstić information content (AvgIpc) is 3.10. The molecule has 0 saturated heterocycles. The van der Waals surface area contributed by atoms with Crippen LogP contribution in [-0.2, 0) is 11.2 Å². The molecule has 3 rings (SSSR count). The Kier molecular flexibility index (Phi) is 6.15. The molecule has 0 saturated carbocycles. The highest BCUT2D eigenvalue weighted by molar-refractivity contribution is 7.15. The lowest BCUT2D eigenvalue weighted by atomic mass is 10.1. The summed E-state index contributed by atoms with van der Waals surface area (Å²) in [6.45, 7) is 1.89. The van der Waals surface area contributed by atoms with Crippen LogP contribution in [0.1, 0.15) is 26.5 Å². The lowest BCUT2D eigenvalue weighted by Crippen LogP contribution is -2.19. The van der Waals surface area contributed by atoms with Crippen LogP contribution in [0, 0.1) is 6.92 Å². The SMILES string of the molecule is Cc1cccc(C(=O)Nc2nnc(CC(=O)N/N=C\c3ccc(O)cc3O)s2)c1. The molecule has 0 unspecified atom stereocenters. The van der Waals surface area contributed by atoms with Gasteiger partial charge in [0, 0.05) is 17.2 Å². The zero-order valence-electron chi connectivity index (χ0n) is 15.3. The van der Waals surface area contributed by atoms with E-state index < -0.39 is 5.91 Å². The zero-order chi connectivity index (χ0) is 20.8. The number of phenols is 2. The number of rotatable bonds is 6. The summed E-state index contributed by atoms with van der Waals surface area (Å²) in [5.41, 5.74) is 4.12. The molecule has 0 aliphatic rings. The number of phenolic OH excluding ortho intramolecular Hbond substituents is 2. The third-order valence-electron chi connectivity index (χ3n) is 3.69. The van der Waals surface area contributed by atoms with Gasteiger partial charge >= 0.3 is 0 Å². The molecule has 0 atom stereocenters. The van der Waals surface area contributed by atoms with Gasteiger partial charge in [-0.2, -0.15) is 5.10 Å². The molecule has 0 bridgehead atoms. The van der Waals surface area contributed by atoms with E-state index in [0.717, 1.165) is 23.0 Å². The maximum absolute atomic E-state index is 12.2. The fourth-order valence-electron chi connectivity index (χ4n) is 2.32. The fraction of sp³-hybridized carbons (Fsp3) is 0.105. The summed E-state index contributed by atoms with van der Waals surface area (Å²) in [4.78, 5) is 24.2.